The molecule has 0 aliphatic carbocycles. The number of aliphatic hydroxyl groups excluding tert-OH is 1. The summed E-state index contributed by atoms with van der Waals surface area (Å²) in [5, 5.41) is 21.4. The Kier molecular flexibility index (Phi) is 7.64. The number of nitrogens with one attached hydrogen (secondary N) is 1. The van der Waals surface area contributed by atoms with Crippen LogP contribution in [-0.2, 0) is 11.2 Å². The first-order chi connectivity index (χ1) is 9.26. The number of nitrogens with zero attached hydrogens (tertiary/aromatic N) is 1. The number of hydrogen-bond acceptors (Lipinski definition) is 4. The van der Waals surface area contributed by atoms with Crippen molar-refractivity contribution in [3.05, 3.63) is 29.8 Å². The summed E-state index contributed by atoms with van der Waals surface area (Å²) in [7, 11) is 0. The Hall–Kier alpha value is -1.57. The van der Waals surface area contributed by atoms with Gasteiger partial charge in [0.05, 0.1) is 25.2 Å². The average Bonchev–Trinajstić information content (AvgIpc) is 2.43. The highest BCUT2D eigenvalue weighted by Crippen LogP contribution is 2.09. The van der Waals surface area contributed by atoms with Crippen LogP contribution >= 0.6 is 0 Å². The fourth-order valence-electron chi connectivity index (χ4n) is 1.59. The third-order valence-corrected chi connectivity index (χ3v) is 2.73. The van der Waals surface area contributed by atoms with Crippen molar-refractivity contribution in [1.82, 2.24) is 0 Å². The lowest BCUT2D eigenvalue weighted by molar-refractivity contribution is 0.0422. The Balaban J connectivity index is 2.22. The summed E-state index contributed by atoms with van der Waals surface area (Å²) in [5.41, 5.74) is 1.94. The molecule has 4 nitrogen and oxygen atoms in total. The van der Waals surface area contributed by atoms with E-state index in [1.807, 2.05) is 24.3 Å². The molecule has 0 heterocycles. The predicted octanol–water partition coefficient (Wildman–Crippen LogP) is 2.34. The van der Waals surface area contributed by atoms with E-state index in [1.165, 1.54) is 0 Å². The van der Waals surface area contributed by atoms with E-state index in [2.05, 4.69) is 18.3 Å². The molecular weight excluding hydrogens is 240 g/mol. The molecule has 0 aliphatic rings. The molecule has 1 aromatic rings. The van der Waals surface area contributed by atoms with Gasteiger partial charge in [-0.1, -0.05) is 25.5 Å². The maximum absolute atomic E-state index is 9.72. The van der Waals surface area contributed by atoms with E-state index >= 15 is 0 Å². The normalized spacial score (nSPS) is 11.8. The van der Waals surface area contributed by atoms with Crippen LogP contribution in [0.5, 0.6) is 0 Å². The van der Waals surface area contributed by atoms with Crippen LogP contribution in [0.1, 0.15) is 25.3 Å². The van der Waals surface area contributed by atoms with E-state index in [0.717, 1.165) is 24.1 Å². The number of nitriles is 1. The Morgan fingerprint density at radius 1 is 1.37 bits per heavy atom. The van der Waals surface area contributed by atoms with Crippen molar-refractivity contribution in [1.29, 1.82) is 5.26 Å². The summed E-state index contributed by atoms with van der Waals surface area (Å²) in [6.07, 6.45) is 2.05. The molecule has 19 heavy (non-hydrogen) atoms. The monoisotopic (exact) mass is 262 g/mol. The zero-order valence-corrected chi connectivity index (χ0v) is 11.4. The molecule has 0 saturated heterocycles. The van der Waals surface area contributed by atoms with Gasteiger partial charge in [0.2, 0.25) is 0 Å². The van der Waals surface area contributed by atoms with Gasteiger partial charge in [0.25, 0.3) is 0 Å². The van der Waals surface area contributed by atoms with Crippen LogP contribution in [-0.4, -0.2) is 31.0 Å². The molecule has 0 spiro atoms. The second-order valence-electron chi connectivity index (χ2n) is 4.50. The van der Waals surface area contributed by atoms with Crippen molar-refractivity contribution >= 4 is 5.69 Å². The van der Waals surface area contributed by atoms with Gasteiger partial charge in [-0.25, -0.2) is 0 Å². The van der Waals surface area contributed by atoms with E-state index in [1.54, 1.807) is 0 Å². The minimum atomic E-state index is -0.504. The number of rotatable bonds is 9. The molecular formula is C15H22N2O2. The lowest BCUT2D eigenvalue weighted by Crippen LogP contribution is -2.25. The molecule has 0 aliphatic heterocycles. The second kappa shape index (κ2) is 9.37. The highest BCUT2D eigenvalue weighted by molar-refractivity contribution is 5.45. The molecule has 1 rings (SSSR count). The molecule has 0 aromatic heterocycles. The van der Waals surface area contributed by atoms with E-state index in [9.17, 15) is 5.11 Å². The first-order valence-corrected chi connectivity index (χ1v) is 6.71. The fourth-order valence-corrected chi connectivity index (χ4v) is 1.59. The lowest BCUT2D eigenvalue weighted by Gasteiger charge is -2.13. The largest absolute Gasteiger partial charge is 0.389 e. The zero-order chi connectivity index (χ0) is 13.9. The van der Waals surface area contributed by atoms with Crippen molar-refractivity contribution < 1.29 is 9.84 Å². The molecule has 0 saturated carbocycles. The summed E-state index contributed by atoms with van der Waals surface area (Å²) in [4.78, 5) is 0. The van der Waals surface area contributed by atoms with Crippen molar-refractivity contribution in [3.8, 4) is 6.07 Å². The predicted molar refractivity (Wildman–Crippen MR) is 76.0 cm³/mol. The van der Waals surface area contributed by atoms with Gasteiger partial charge < -0.3 is 15.2 Å². The molecule has 1 unspecified atom stereocenters. The summed E-state index contributed by atoms with van der Waals surface area (Å²) in [6, 6.07) is 9.76. The molecule has 2 N–H and O–H groups in total. The van der Waals surface area contributed by atoms with Crippen LogP contribution in [0.2, 0.25) is 0 Å². The topological polar surface area (TPSA) is 65.3 Å². The molecule has 0 fully saturated rings. The van der Waals surface area contributed by atoms with E-state index < -0.39 is 6.10 Å². The molecule has 1 aromatic carbocycles. The van der Waals surface area contributed by atoms with E-state index in [-0.39, 0.29) is 0 Å². The van der Waals surface area contributed by atoms with Gasteiger partial charge in [0.1, 0.15) is 0 Å². The highest BCUT2D eigenvalue weighted by Gasteiger charge is 2.03. The first kappa shape index (κ1) is 15.5. The summed E-state index contributed by atoms with van der Waals surface area (Å²) >= 11 is 0. The minimum absolute atomic E-state index is 0.361. The molecule has 4 heteroatoms. The lowest BCUT2D eigenvalue weighted by atomic mass is 10.1. The van der Waals surface area contributed by atoms with E-state index in [0.29, 0.717) is 26.2 Å². The maximum Gasteiger partial charge on any atom is 0.0945 e. The Morgan fingerprint density at radius 3 is 2.74 bits per heavy atom. The second-order valence-corrected chi connectivity index (χ2v) is 4.50. The Bertz CT molecular complexity index is 384. The van der Waals surface area contributed by atoms with Crippen molar-refractivity contribution in [3.63, 3.8) is 0 Å². The smallest absolute Gasteiger partial charge is 0.0945 e. The molecule has 0 radical (unpaired) electrons. The third-order valence-electron chi connectivity index (χ3n) is 2.73. The van der Waals surface area contributed by atoms with Crippen molar-refractivity contribution in [2.75, 3.05) is 25.1 Å². The van der Waals surface area contributed by atoms with Gasteiger partial charge in [0.15, 0.2) is 0 Å². The average molecular weight is 262 g/mol. The van der Waals surface area contributed by atoms with Crippen LogP contribution < -0.4 is 5.32 Å². The summed E-state index contributed by atoms with van der Waals surface area (Å²) in [5.74, 6) is 0. The molecule has 0 bridgehead atoms. The van der Waals surface area contributed by atoms with E-state index in [4.69, 9.17) is 10.00 Å². The number of unbranched alkanes of at least 4 members (excludes halogenated alkanes) is 1. The van der Waals surface area contributed by atoms with Crippen LogP contribution in [0, 0.1) is 11.3 Å². The standard InChI is InChI=1S/C15H22N2O2/c1-2-3-10-19-12-15(18)11-17-14-6-4-13(5-7-14)8-9-16/h4-7,15,17-18H,2-3,8,10-12H2,1H3. The first-order valence-electron chi connectivity index (χ1n) is 6.71. The quantitative estimate of drug-likeness (QED) is 0.670. The number of aliphatic hydroxyl groups is 1. The fraction of sp³-hybridized carbons (Fsp3) is 0.533. The van der Waals surface area contributed by atoms with Gasteiger partial charge in [-0.15, -0.1) is 0 Å². The minimum Gasteiger partial charge on any atom is -0.389 e. The third kappa shape index (κ3) is 6.80. The molecule has 104 valence electrons. The molecule has 1 atom stereocenters. The SMILES string of the molecule is CCCCOCC(O)CNc1ccc(CC#N)cc1. The van der Waals surface area contributed by atoms with Crippen LogP contribution in [0.15, 0.2) is 24.3 Å². The highest BCUT2D eigenvalue weighted by atomic mass is 16.5. The van der Waals surface area contributed by atoms with Gasteiger partial charge in [-0.2, -0.15) is 5.26 Å². The van der Waals surface area contributed by atoms with Crippen molar-refractivity contribution in [2.45, 2.75) is 32.3 Å². The van der Waals surface area contributed by atoms with Gasteiger partial charge >= 0.3 is 0 Å². The Labute approximate surface area is 115 Å². The number of anilines is 1. The zero-order valence-electron chi connectivity index (χ0n) is 11.4. The number of ether oxygens (including phenoxy) is 1. The number of hydrogen-bond donors (Lipinski definition) is 2. The van der Waals surface area contributed by atoms with Crippen LogP contribution in [0.3, 0.4) is 0 Å². The van der Waals surface area contributed by atoms with Gasteiger partial charge in [-0.3, -0.25) is 0 Å². The van der Waals surface area contributed by atoms with Gasteiger partial charge in [-0.05, 0) is 24.1 Å². The Morgan fingerprint density at radius 2 is 2.11 bits per heavy atom. The van der Waals surface area contributed by atoms with Crippen molar-refractivity contribution in [2.24, 2.45) is 0 Å². The van der Waals surface area contributed by atoms with Gasteiger partial charge in [0, 0.05) is 18.8 Å². The number of benzene rings is 1. The summed E-state index contributed by atoms with van der Waals surface area (Å²) in [6.45, 7) is 3.64. The summed E-state index contributed by atoms with van der Waals surface area (Å²) < 4.78 is 5.35. The van der Waals surface area contributed by atoms with Crippen LogP contribution in [0.25, 0.3) is 0 Å². The maximum atomic E-state index is 9.72. The molecule has 0 amide bonds. The van der Waals surface area contributed by atoms with Crippen LogP contribution in [0.4, 0.5) is 5.69 Å².